The first kappa shape index (κ1) is 17.0. The fraction of sp³-hybridized carbons (Fsp3) is 0.296. The molecule has 0 spiro atoms. The average Bonchev–Trinajstić information content (AvgIpc) is 3.12. The number of pyridine rings is 1. The molecule has 1 aliphatic heterocycles. The first-order chi connectivity index (χ1) is 13.8. The second kappa shape index (κ2) is 5.38. The molecule has 2 heterocycles. The number of nitrogens with zero attached hydrogens (tertiary/aromatic N) is 1. The topological polar surface area (TPSA) is 13.1 Å². The summed E-state index contributed by atoms with van der Waals surface area (Å²) >= 11 is 0. The molecular formula is C27H26NO+. The summed E-state index contributed by atoms with van der Waals surface area (Å²) in [5.74, 6) is 2.09. The van der Waals surface area contributed by atoms with Crippen LogP contribution in [0, 0.1) is 6.92 Å². The van der Waals surface area contributed by atoms with Crippen molar-refractivity contribution in [2.24, 2.45) is 7.05 Å². The van der Waals surface area contributed by atoms with Crippen LogP contribution in [0.2, 0.25) is 0 Å². The maximum Gasteiger partial charge on any atom is 0.228 e. The van der Waals surface area contributed by atoms with Gasteiger partial charge in [-0.2, -0.15) is 0 Å². The van der Waals surface area contributed by atoms with E-state index in [9.17, 15) is 0 Å². The highest BCUT2D eigenvalue weighted by Crippen LogP contribution is 2.53. The summed E-state index contributed by atoms with van der Waals surface area (Å²) < 4.78 is 9.04. The Morgan fingerprint density at radius 3 is 2.62 bits per heavy atom. The maximum atomic E-state index is 6.77. The highest BCUT2D eigenvalue weighted by Gasteiger charge is 2.35. The lowest BCUT2D eigenvalue weighted by Gasteiger charge is -2.26. The molecule has 0 N–H and O–H groups in total. The fourth-order valence-electron chi connectivity index (χ4n) is 5.33. The Morgan fingerprint density at radius 1 is 1.00 bits per heavy atom. The predicted molar refractivity (Wildman–Crippen MR) is 119 cm³/mol. The highest BCUT2D eigenvalue weighted by molar-refractivity contribution is 6.07. The van der Waals surface area contributed by atoms with Crippen LogP contribution >= 0.6 is 0 Å². The third-order valence-corrected chi connectivity index (χ3v) is 6.89. The van der Waals surface area contributed by atoms with Gasteiger partial charge in [-0.1, -0.05) is 39.0 Å². The molecule has 0 saturated carbocycles. The molecule has 0 unspecified atom stereocenters. The van der Waals surface area contributed by atoms with E-state index < -0.39 is 0 Å². The van der Waals surface area contributed by atoms with Crippen molar-refractivity contribution in [2.75, 3.05) is 0 Å². The minimum atomic E-state index is 0.0791. The number of rotatable bonds is 0. The van der Waals surface area contributed by atoms with E-state index in [0.717, 1.165) is 24.3 Å². The molecule has 0 fully saturated rings. The van der Waals surface area contributed by atoms with Gasteiger partial charge in [0, 0.05) is 11.6 Å². The van der Waals surface area contributed by atoms with E-state index in [4.69, 9.17) is 4.74 Å². The van der Waals surface area contributed by atoms with Crippen LogP contribution in [-0.2, 0) is 25.3 Å². The first-order valence-corrected chi connectivity index (χ1v) is 10.6. The van der Waals surface area contributed by atoms with Gasteiger partial charge in [0.2, 0.25) is 5.69 Å². The van der Waals surface area contributed by atoms with Crippen molar-refractivity contribution in [3.63, 3.8) is 0 Å². The van der Waals surface area contributed by atoms with Gasteiger partial charge in [-0.25, -0.2) is 4.57 Å². The summed E-state index contributed by atoms with van der Waals surface area (Å²) in [4.78, 5) is 0. The summed E-state index contributed by atoms with van der Waals surface area (Å²) in [7, 11) is 2.16. The van der Waals surface area contributed by atoms with Gasteiger partial charge in [0.25, 0.3) is 0 Å². The van der Waals surface area contributed by atoms with Gasteiger partial charge in [-0.3, -0.25) is 0 Å². The summed E-state index contributed by atoms with van der Waals surface area (Å²) in [5, 5.41) is 5.30. The third-order valence-electron chi connectivity index (χ3n) is 6.89. The lowest BCUT2D eigenvalue weighted by Crippen LogP contribution is -2.32. The first-order valence-electron chi connectivity index (χ1n) is 10.6. The van der Waals surface area contributed by atoms with Crippen molar-refractivity contribution in [3.05, 3.63) is 64.8 Å². The summed E-state index contributed by atoms with van der Waals surface area (Å²) in [5.41, 5.74) is 8.14. The number of benzene rings is 3. The van der Waals surface area contributed by atoms with E-state index in [2.05, 4.69) is 81.9 Å². The monoisotopic (exact) mass is 380 g/mol. The highest BCUT2D eigenvalue weighted by atomic mass is 16.5. The van der Waals surface area contributed by atoms with Crippen molar-refractivity contribution in [1.82, 2.24) is 0 Å². The van der Waals surface area contributed by atoms with Crippen LogP contribution < -0.4 is 9.30 Å². The van der Waals surface area contributed by atoms with Gasteiger partial charge in [0.15, 0.2) is 6.20 Å². The quantitative estimate of drug-likeness (QED) is 0.288. The number of fused-ring (bicyclic) bond motifs is 3. The molecule has 29 heavy (non-hydrogen) atoms. The molecule has 3 aromatic carbocycles. The molecule has 4 aromatic rings. The molecule has 144 valence electrons. The Kier molecular flexibility index (Phi) is 3.16. The van der Waals surface area contributed by atoms with Crippen LogP contribution in [-0.4, -0.2) is 0 Å². The van der Waals surface area contributed by atoms with Crippen LogP contribution in [0.4, 0.5) is 0 Å². The Balaban J connectivity index is 1.80. The zero-order chi connectivity index (χ0) is 20.1. The molecule has 0 amide bonds. The molecule has 0 bridgehead atoms. The van der Waals surface area contributed by atoms with E-state index in [0.29, 0.717) is 0 Å². The normalized spacial score (nSPS) is 14.4. The Hall–Kier alpha value is -2.87. The second-order valence-electron chi connectivity index (χ2n) is 9.71. The zero-order valence-electron chi connectivity index (χ0n) is 17.8. The lowest BCUT2D eigenvalue weighted by atomic mass is 9.84. The molecule has 1 aromatic heterocycles. The smallest absolute Gasteiger partial charge is 0.228 e. The van der Waals surface area contributed by atoms with E-state index in [1.165, 1.54) is 55.1 Å². The van der Waals surface area contributed by atoms with E-state index >= 15 is 0 Å². The van der Waals surface area contributed by atoms with Crippen LogP contribution in [0.5, 0.6) is 11.5 Å². The maximum absolute atomic E-state index is 6.77. The van der Waals surface area contributed by atoms with Gasteiger partial charge in [0.05, 0.1) is 10.9 Å². The van der Waals surface area contributed by atoms with Gasteiger partial charge < -0.3 is 4.74 Å². The second-order valence-corrected chi connectivity index (χ2v) is 9.71. The molecule has 6 rings (SSSR count). The number of aromatic nitrogens is 1. The Morgan fingerprint density at radius 2 is 1.83 bits per heavy atom. The van der Waals surface area contributed by atoms with Crippen molar-refractivity contribution in [3.8, 4) is 22.8 Å². The predicted octanol–water partition coefficient (Wildman–Crippen LogP) is 6.29. The van der Waals surface area contributed by atoms with E-state index in [1.807, 2.05) is 0 Å². The number of ether oxygens (including phenoxy) is 1. The lowest BCUT2D eigenvalue weighted by molar-refractivity contribution is -0.659. The SMILES string of the molecule is Cc1c2c(c3c4c(cccc14)CC3)Oc1cc(C(C)(C)C)cc3cc[n+](C)c-2c13. The van der Waals surface area contributed by atoms with E-state index in [-0.39, 0.29) is 5.41 Å². The van der Waals surface area contributed by atoms with Crippen molar-refractivity contribution < 1.29 is 9.30 Å². The van der Waals surface area contributed by atoms with Crippen LogP contribution in [0.25, 0.3) is 32.8 Å². The van der Waals surface area contributed by atoms with Crippen molar-refractivity contribution in [1.29, 1.82) is 0 Å². The fourth-order valence-corrected chi connectivity index (χ4v) is 5.33. The van der Waals surface area contributed by atoms with E-state index in [1.54, 1.807) is 0 Å². The van der Waals surface area contributed by atoms with Crippen molar-refractivity contribution in [2.45, 2.75) is 46.0 Å². The molecule has 0 radical (unpaired) electrons. The summed E-state index contributed by atoms with van der Waals surface area (Å²) in [6.45, 7) is 9.07. The minimum Gasteiger partial charge on any atom is -0.455 e. The standard InChI is InChI=1S/C27H26NO/c1-15-19-8-6-7-16-9-10-20(23(16)19)26-22(15)25-24-17(11-12-28(25)5)13-18(27(2,3)4)14-21(24)29-26/h6-8,11-14H,9-10H2,1-5H3/q+1. The Bertz CT molecular complexity index is 1370. The van der Waals surface area contributed by atoms with Crippen LogP contribution in [0.15, 0.2) is 42.6 Å². The summed E-state index contributed by atoms with van der Waals surface area (Å²) in [6.07, 6.45) is 4.37. The van der Waals surface area contributed by atoms with Gasteiger partial charge in [0.1, 0.15) is 18.5 Å². The van der Waals surface area contributed by atoms with Crippen molar-refractivity contribution >= 4 is 21.5 Å². The molecule has 1 aliphatic carbocycles. The molecule has 2 aliphatic rings. The van der Waals surface area contributed by atoms with Gasteiger partial charge in [-0.15, -0.1) is 0 Å². The molecular weight excluding hydrogens is 354 g/mol. The summed E-state index contributed by atoms with van der Waals surface area (Å²) in [6, 6.07) is 13.6. The molecule has 0 atom stereocenters. The largest absolute Gasteiger partial charge is 0.455 e. The minimum absolute atomic E-state index is 0.0791. The average molecular weight is 381 g/mol. The van der Waals surface area contributed by atoms with Crippen LogP contribution in [0.3, 0.4) is 0 Å². The number of hydrogen-bond donors (Lipinski definition) is 0. The molecule has 2 heteroatoms. The van der Waals surface area contributed by atoms with Crippen LogP contribution in [0.1, 0.15) is 43.0 Å². The van der Waals surface area contributed by atoms with Gasteiger partial charge in [-0.05, 0) is 70.2 Å². The third kappa shape index (κ3) is 2.15. The van der Waals surface area contributed by atoms with Gasteiger partial charge >= 0.3 is 0 Å². The number of hydrogen-bond acceptors (Lipinski definition) is 1. The zero-order valence-corrected chi connectivity index (χ0v) is 17.8. The Labute approximate surface area is 171 Å². The molecule has 2 nitrogen and oxygen atoms in total. The molecule has 0 saturated heterocycles. The number of aryl methyl sites for hydroxylation is 4.